The van der Waals surface area contributed by atoms with E-state index in [2.05, 4.69) is 21.2 Å². The zero-order chi connectivity index (χ0) is 16.6. The maximum Gasteiger partial charge on any atom is 0.258 e. The summed E-state index contributed by atoms with van der Waals surface area (Å²) >= 11 is 3.25. The highest BCUT2D eigenvalue weighted by Crippen LogP contribution is 2.36. The molecule has 0 bridgehead atoms. The first-order chi connectivity index (χ1) is 11.0. The van der Waals surface area contributed by atoms with E-state index in [0.717, 1.165) is 0 Å². The van der Waals surface area contributed by atoms with Crippen molar-refractivity contribution >= 4 is 39.4 Å². The summed E-state index contributed by atoms with van der Waals surface area (Å²) < 4.78 is 5.55. The van der Waals surface area contributed by atoms with Gasteiger partial charge in [0.05, 0.1) is 11.6 Å². The Bertz CT molecular complexity index is 858. The highest BCUT2D eigenvalue weighted by Gasteiger charge is 2.26. The summed E-state index contributed by atoms with van der Waals surface area (Å²) in [7, 11) is 1.44. The quantitative estimate of drug-likeness (QED) is 0.626. The van der Waals surface area contributed by atoms with Gasteiger partial charge >= 0.3 is 0 Å². The standard InChI is InChI=1S/C17H12BrNO4/c1-23-14-8-9(7-13(18)15(14)20)6-12-10-4-2-3-5-11(10)16(21)19-17(12)22/h2-8,20H,1H3,(H,19,21,22). The minimum absolute atomic E-state index is 0.0154. The average molecular weight is 374 g/mol. The third kappa shape index (κ3) is 2.73. The van der Waals surface area contributed by atoms with E-state index in [0.29, 0.717) is 26.7 Å². The normalized spacial score (nSPS) is 15.3. The van der Waals surface area contributed by atoms with Crippen molar-refractivity contribution in [3.8, 4) is 11.5 Å². The molecule has 1 aliphatic rings. The molecule has 5 nitrogen and oxygen atoms in total. The molecule has 116 valence electrons. The maximum atomic E-state index is 12.2. The summed E-state index contributed by atoms with van der Waals surface area (Å²) in [5.41, 5.74) is 2.05. The number of methoxy groups -OCH3 is 1. The summed E-state index contributed by atoms with van der Waals surface area (Å²) in [6.07, 6.45) is 1.65. The zero-order valence-corrected chi connectivity index (χ0v) is 13.7. The van der Waals surface area contributed by atoms with E-state index < -0.39 is 11.8 Å². The van der Waals surface area contributed by atoms with Crippen molar-refractivity contribution in [1.82, 2.24) is 5.32 Å². The molecular formula is C17H12BrNO4. The molecule has 0 spiro atoms. The Morgan fingerprint density at radius 3 is 2.52 bits per heavy atom. The molecule has 23 heavy (non-hydrogen) atoms. The second-order valence-electron chi connectivity index (χ2n) is 4.94. The van der Waals surface area contributed by atoms with Crippen LogP contribution in [-0.2, 0) is 4.79 Å². The highest BCUT2D eigenvalue weighted by molar-refractivity contribution is 9.10. The van der Waals surface area contributed by atoms with E-state index in [1.807, 2.05) is 0 Å². The van der Waals surface area contributed by atoms with Crippen molar-refractivity contribution < 1.29 is 19.4 Å². The second-order valence-corrected chi connectivity index (χ2v) is 5.79. The van der Waals surface area contributed by atoms with Crippen LogP contribution in [0.3, 0.4) is 0 Å². The monoisotopic (exact) mass is 373 g/mol. The van der Waals surface area contributed by atoms with E-state index in [4.69, 9.17) is 4.74 Å². The van der Waals surface area contributed by atoms with Gasteiger partial charge in [-0.15, -0.1) is 0 Å². The number of aromatic hydroxyl groups is 1. The molecule has 3 rings (SSSR count). The number of phenolic OH excluding ortho intramolecular Hbond substituents is 1. The molecule has 2 aromatic carbocycles. The summed E-state index contributed by atoms with van der Waals surface area (Å²) in [6.45, 7) is 0. The van der Waals surface area contributed by atoms with Crippen molar-refractivity contribution in [2.24, 2.45) is 0 Å². The summed E-state index contributed by atoms with van der Waals surface area (Å²) in [5.74, 6) is -0.603. The molecule has 0 unspecified atom stereocenters. The molecule has 2 N–H and O–H groups in total. The summed E-state index contributed by atoms with van der Waals surface area (Å²) in [6, 6.07) is 10.2. The zero-order valence-electron chi connectivity index (χ0n) is 12.1. The Morgan fingerprint density at radius 2 is 1.83 bits per heavy atom. The molecule has 2 aromatic rings. The summed E-state index contributed by atoms with van der Waals surface area (Å²) in [5, 5.41) is 12.2. The van der Waals surface area contributed by atoms with Gasteiger partial charge in [0.25, 0.3) is 11.8 Å². The van der Waals surface area contributed by atoms with Gasteiger partial charge in [0.15, 0.2) is 11.5 Å². The number of fused-ring (bicyclic) bond motifs is 1. The fraction of sp³-hybridized carbons (Fsp3) is 0.0588. The molecule has 1 heterocycles. The van der Waals surface area contributed by atoms with Crippen LogP contribution >= 0.6 is 15.9 Å². The fourth-order valence-corrected chi connectivity index (χ4v) is 2.88. The Morgan fingerprint density at radius 1 is 1.13 bits per heavy atom. The maximum absolute atomic E-state index is 12.2. The van der Waals surface area contributed by atoms with Gasteiger partial charge < -0.3 is 9.84 Å². The predicted octanol–water partition coefficient (Wildman–Crippen LogP) is 2.97. The molecule has 0 saturated carbocycles. The average Bonchev–Trinajstić information content (AvgIpc) is 2.54. The molecule has 2 amide bonds. The Balaban J connectivity index is 2.16. The minimum atomic E-state index is -0.461. The molecule has 0 aromatic heterocycles. The van der Waals surface area contributed by atoms with Gasteiger partial charge in [-0.05, 0) is 51.3 Å². The summed E-state index contributed by atoms with van der Waals surface area (Å²) in [4.78, 5) is 24.1. The first-order valence-electron chi connectivity index (χ1n) is 6.74. The molecule has 0 fully saturated rings. The first kappa shape index (κ1) is 15.3. The number of nitrogens with one attached hydrogen (secondary N) is 1. The van der Waals surface area contributed by atoms with Crippen molar-refractivity contribution in [3.05, 3.63) is 57.6 Å². The fourth-order valence-electron chi connectivity index (χ4n) is 2.42. The van der Waals surface area contributed by atoms with E-state index in [1.54, 1.807) is 42.5 Å². The Hall–Kier alpha value is -2.60. The number of hydrogen-bond acceptors (Lipinski definition) is 4. The van der Waals surface area contributed by atoms with Crippen LogP contribution in [0.4, 0.5) is 0 Å². The highest BCUT2D eigenvalue weighted by atomic mass is 79.9. The van der Waals surface area contributed by atoms with Crippen molar-refractivity contribution in [2.45, 2.75) is 0 Å². The molecule has 6 heteroatoms. The number of ether oxygens (including phenoxy) is 1. The Kier molecular flexibility index (Phi) is 3.92. The van der Waals surface area contributed by atoms with Gasteiger partial charge in [0.1, 0.15) is 0 Å². The molecule has 0 aliphatic carbocycles. The number of benzene rings is 2. The minimum Gasteiger partial charge on any atom is -0.503 e. The number of rotatable bonds is 2. The van der Waals surface area contributed by atoms with Gasteiger partial charge in [-0.25, -0.2) is 0 Å². The number of halogens is 1. The van der Waals surface area contributed by atoms with Gasteiger partial charge in [-0.2, -0.15) is 0 Å². The smallest absolute Gasteiger partial charge is 0.258 e. The molecule has 0 radical (unpaired) electrons. The van der Waals surface area contributed by atoms with Crippen LogP contribution in [0, 0.1) is 0 Å². The molecule has 1 aliphatic heterocycles. The van der Waals surface area contributed by atoms with Crippen LogP contribution in [0.25, 0.3) is 11.6 Å². The molecular weight excluding hydrogens is 362 g/mol. The van der Waals surface area contributed by atoms with Crippen LogP contribution in [0.15, 0.2) is 40.9 Å². The first-order valence-corrected chi connectivity index (χ1v) is 7.54. The van der Waals surface area contributed by atoms with Crippen molar-refractivity contribution in [1.29, 1.82) is 0 Å². The molecule has 0 saturated heterocycles. The van der Waals surface area contributed by atoms with Crippen molar-refractivity contribution in [3.63, 3.8) is 0 Å². The second kappa shape index (κ2) is 5.89. The predicted molar refractivity (Wildman–Crippen MR) is 89.1 cm³/mol. The number of imide groups is 1. The van der Waals surface area contributed by atoms with Crippen LogP contribution in [0.1, 0.15) is 21.5 Å². The SMILES string of the molecule is COc1cc(C=C2C(=O)NC(=O)c3ccccc32)cc(Br)c1O. The van der Waals surface area contributed by atoms with Crippen LogP contribution in [0.5, 0.6) is 11.5 Å². The van der Waals surface area contributed by atoms with Crippen LogP contribution in [0.2, 0.25) is 0 Å². The third-order valence-electron chi connectivity index (χ3n) is 3.52. The lowest BCUT2D eigenvalue weighted by Crippen LogP contribution is -2.36. The van der Waals surface area contributed by atoms with Gasteiger partial charge in [0, 0.05) is 11.1 Å². The van der Waals surface area contributed by atoms with E-state index in [1.165, 1.54) is 7.11 Å². The number of hydrogen-bond donors (Lipinski definition) is 2. The topological polar surface area (TPSA) is 75.6 Å². The van der Waals surface area contributed by atoms with Gasteiger partial charge in [-0.3, -0.25) is 14.9 Å². The van der Waals surface area contributed by atoms with E-state index >= 15 is 0 Å². The van der Waals surface area contributed by atoms with Gasteiger partial charge in [0.2, 0.25) is 0 Å². The third-order valence-corrected chi connectivity index (χ3v) is 4.12. The largest absolute Gasteiger partial charge is 0.503 e. The van der Waals surface area contributed by atoms with E-state index in [-0.39, 0.29) is 11.5 Å². The number of carbonyl (C=O) groups is 2. The van der Waals surface area contributed by atoms with Crippen molar-refractivity contribution in [2.75, 3.05) is 7.11 Å². The van der Waals surface area contributed by atoms with Crippen LogP contribution in [-0.4, -0.2) is 24.0 Å². The number of amides is 2. The Labute approximate surface area is 140 Å². The van der Waals surface area contributed by atoms with E-state index in [9.17, 15) is 14.7 Å². The van der Waals surface area contributed by atoms with Crippen LogP contribution < -0.4 is 10.1 Å². The lowest BCUT2D eigenvalue weighted by Gasteiger charge is -2.18. The number of phenols is 1. The molecule has 0 atom stereocenters. The number of carbonyl (C=O) groups excluding carboxylic acids is 2. The van der Waals surface area contributed by atoms with Gasteiger partial charge in [-0.1, -0.05) is 18.2 Å². The lowest BCUT2D eigenvalue weighted by atomic mass is 9.93. The lowest BCUT2D eigenvalue weighted by molar-refractivity contribution is -0.114.